The highest BCUT2D eigenvalue weighted by Gasteiger charge is 2.23. The molecule has 0 spiro atoms. The van der Waals surface area contributed by atoms with E-state index in [1.807, 2.05) is 24.3 Å². The molecule has 0 radical (unpaired) electrons. The second kappa shape index (κ2) is 8.82. The Hall–Kier alpha value is -1.89. The van der Waals surface area contributed by atoms with Crippen LogP contribution in [0.2, 0.25) is 0 Å². The number of carbonyl (C=O) groups is 3. The van der Waals surface area contributed by atoms with Crippen molar-refractivity contribution in [2.75, 3.05) is 13.7 Å². The van der Waals surface area contributed by atoms with Crippen molar-refractivity contribution < 1.29 is 19.1 Å². The molecule has 0 aliphatic heterocycles. The molecule has 1 rings (SSSR count). The number of carbonyl (C=O) groups excluding carboxylic acids is 3. The van der Waals surface area contributed by atoms with Crippen LogP contribution in [0.5, 0.6) is 0 Å². The van der Waals surface area contributed by atoms with Gasteiger partial charge in [0, 0.05) is 9.89 Å². The van der Waals surface area contributed by atoms with E-state index in [2.05, 4.69) is 31.3 Å². The third-order valence-corrected chi connectivity index (χ3v) is 3.83. The van der Waals surface area contributed by atoms with Crippen molar-refractivity contribution in [2.45, 2.75) is 33.2 Å². The Morgan fingerprint density at radius 1 is 1.17 bits per heavy atom. The molecule has 24 heavy (non-hydrogen) atoms. The van der Waals surface area contributed by atoms with Crippen molar-refractivity contribution in [1.29, 1.82) is 0 Å². The quantitative estimate of drug-likeness (QED) is 0.720. The molecule has 7 heteroatoms. The van der Waals surface area contributed by atoms with E-state index in [0.29, 0.717) is 0 Å². The fraction of sp³-hybridized carbons (Fsp3) is 0.471. The molecular formula is C17H23BrN2O4. The molecule has 0 saturated heterocycles. The van der Waals surface area contributed by atoms with Crippen LogP contribution in [-0.4, -0.2) is 31.4 Å². The molecule has 1 atom stereocenters. The summed E-state index contributed by atoms with van der Waals surface area (Å²) in [5.41, 5.74) is 0.205. The zero-order valence-electron chi connectivity index (χ0n) is 14.3. The predicted molar refractivity (Wildman–Crippen MR) is 94.1 cm³/mol. The monoisotopic (exact) mass is 398 g/mol. The number of halogens is 1. The van der Waals surface area contributed by atoms with Crippen molar-refractivity contribution in [2.24, 2.45) is 5.41 Å². The molecule has 1 aromatic rings. The minimum Gasteiger partial charge on any atom is -0.469 e. The van der Waals surface area contributed by atoms with Gasteiger partial charge in [0.05, 0.1) is 26.1 Å². The molecule has 0 aliphatic rings. The SMILES string of the molecule is COC(=O)CC(NC(=O)CNC(=O)C(C)(C)C)c1ccc(Br)cc1. The zero-order chi connectivity index (χ0) is 18.3. The van der Waals surface area contributed by atoms with Gasteiger partial charge in [-0.1, -0.05) is 48.8 Å². The normalized spacial score (nSPS) is 12.2. The number of methoxy groups -OCH3 is 1. The summed E-state index contributed by atoms with van der Waals surface area (Å²) in [5, 5.41) is 5.34. The highest BCUT2D eigenvalue weighted by molar-refractivity contribution is 9.10. The van der Waals surface area contributed by atoms with Gasteiger partial charge < -0.3 is 15.4 Å². The molecule has 1 unspecified atom stereocenters. The van der Waals surface area contributed by atoms with E-state index in [-0.39, 0.29) is 24.8 Å². The summed E-state index contributed by atoms with van der Waals surface area (Å²) < 4.78 is 5.58. The Bertz CT molecular complexity index is 594. The number of nitrogens with one attached hydrogen (secondary N) is 2. The Labute approximate surface area is 150 Å². The minimum atomic E-state index is -0.572. The van der Waals surface area contributed by atoms with Crippen LogP contribution in [-0.2, 0) is 19.1 Å². The van der Waals surface area contributed by atoms with Crippen LogP contribution in [0.15, 0.2) is 28.7 Å². The van der Waals surface area contributed by atoms with E-state index in [1.165, 1.54) is 7.11 Å². The smallest absolute Gasteiger partial charge is 0.307 e. The Kier molecular flexibility index (Phi) is 7.41. The standard InChI is InChI=1S/C17H23BrN2O4/c1-17(2,3)16(23)19-10-14(21)20-13(9-15(22)24-4)11-5-7-12(18)8-6-11/h5-8,13H,9-10H2,1-4H3,(H,19,23)(H,20,21). The molecular weight excluding hydrogens is 376 g/mol. The molecule has 2 amide bonds. The minimum absolute atomic E-state index is 0.0110. The van der Waals surface area contributed by atoms with Gasteiger partial charge in [-0.25, -0.2) is 0 Å². The lowest BCUT2D eigenvalue weighted by molar-refractivity contribution is -0.141. The molecule has 0 heterocycles. The molecule has 0 fully saturated rings. The summed E-state index contributed by atoms with van der Waals surface area (Å²) in [7, 11) is 1.30. The fourth-order valence-electron chi connectivity index (χ4n) is 1.87. The topological polar surface area (TPSA) is 84.5 Å². The maximum atomic E-state index is 12.1. The number of hydrogen-bond donors (Lipinski definition) is 2. The van der Waals surface area contributed by atoms with E-state index in [0.717, 1.165) is 10.0 Å². The fourth-order valence-corrected chi connectivity index (χ4v) is 2.13. The van der Waals surface area contributed by atoms with Gasteiger partial charge >= 0.3 is 5.97 Å². The van der Waals surface area contributed by atoms with Gasteiger partial charge in [-0.2, -0.15) is 0 Å². The average molecular weight is 399 g/mol. The first-order valence-electron chi connectivity index (χ1n) is 7.53. The molecule has 132 valence electrons. The molecule has 0 bridgehead atoms. The summed E-state index contributed by atoms with van der Waals surface area (Å²) in [4.78, 5) is 35.5. The lowest BCUT2D eigenvalue weighted by atomic mass is 9.96. The van der Waals surface area contributed by atoms with Crippen LogP contribution in [0.4, 0.5) is 0 Å². The van der Waals surface area contributed by atoms with E-state index >= 15 is 0 Å². The second-order valence-electron chi connectivity index (χ2n) is 6.38. The molecule has 1 aromatic carbocycles. The van der Waals surface area contributed by atoms with Gasteiger partial charge in [-0.3, -0.25) is 14.4 Å². The first kappa shape index (κ1) is 20.2. The van der Waals surface area contributed by atoms with E-state index < -0.39 is 17.4 Å². The van der Waals surface area contributed by atoms with Crippen molar-refractivity contribution in [3.05, 3.63) is 34.3 Å². The largest absolute Gasteiger partial charge is 0.469 e. The number of rotatable bonds is 6. The highest BCUT2D eigenvalue weighted by Crippen LogP contribution is 2.20. The van der Waals surface area contributed by atoms with Gasteiger partial charge in [0.25, 0.3) is 0 Å². The maximum Gasteiger partial charge on any atom is 0.307 e. The first-order chi connectivity index (χ1) is 11.1. The van der Waals surface area contributed by atoms with Crippen LogP contribution >= 0.6 is 15.9 Å². The van der Waals surface area contributed by atoms with E-state index in [4.69, 9.17) is 0 Å². The third-order valence-electron chi connectivity index (χ3n) is 3.30. The van der Waals surface area contributed by atoms with Crippen LogP contribution in [0.1, 0.15) is 38.8 Å². The molecule has 2 N–H and O–H groups in total. The summed E-state index contributed by atoms with van der Waals surface area (Å²) in [5.74, 6) is -1.02. The summed E-state index contributed by atoms with van der Waals surface area (Å²) in [6.45, 7) is 5.15. The van der Waals surface area contributed by atoms with Gasteiger partial charge in [0.1, 0.15) is 0 Å². The van der Waals surface area contributed by atoms with Gasteiger partial charge in [-0.15, -0.1) is 0 Å². The number of esters is 1. The van der Waals surface area contributed by atoms with Gasteiger partial charge in [0.15, 0.2) is 0 Å². The summed E-state index contributed by atoms with van der Waals surface area (Å²) in [6.07, 6.45) is 0.0110. The van der Waals surface area contributed by atoms with Crippen LogP contribution in [0.3, 0.4) is 0 Å². The predicted octanol–water partition coefficient (Wildman–Crippen LogP) is 2.33. The summed E-state index contributed by atoms with van der Waals surface area (Å²) >= 11 is 3.34. The Balaban J connectivity index is 2.74. The van der Waals surface area contributed by atoms with E-state index in [9.17, 15) is 14.4 Å². The van der Waals surface area contributed by atoms with Crippen molar-refractivity contribution >= 4 is 33.7 Å². The molecule has 0 saturated carbocycles. The zero-order valence-corrected chi connectivity index (χ0v) is 15.9. The van der Waals surface area contributed by atoms with Gasteiger partial charge in [-0.05, 0) is 17.7 Å². The molecule has 6 nitrogen and oxygen atoms in total. The third kappa shape index (κ3) is 6.70. The highest BCUT2D eigenvalue weighted by atomic mass is 79.9. The average Bonchev–Trinajstić information content (AvgIpc) is 2.51. The Morgan fingerprint density at radius 3 is 2.25 bits per heavy atom. The lowest BCUT2D eigenvalue weighted by Crippen LogP contribution is -2.43. The Morgan fingerprint density at radius 2 is 1.75 bits per heavy atom. The first-order valence-corrected chi connectivity index (χ1v) is 8.32. The van der Waals surface area contributed by atoms with E-state index in [1.54, 1.807) is 20.8 Å². The van der Waals surface area contributed by atoms with Crippen molar-refractivity contribution in [3.63, 3.8) is 0 Å². The van der Waals surface area contributed by atoms with Gasteiger partial charge in [0.2, 0.25) is 11.8 Å². The molecule has 0 aliphatic carbocycles. The van der Waals surface area contributed by atoms with Crippen LogP contribution in [0, 0.1) is 5.41 Å². The summed E-state index contributed by atoms with van der Waals surface area (Å²) in [6, 6.07) is 6.75. The van der Waals surface area contributed by atoms with Crippen molar-refractivity contribution in [3.8, 4) is 0 Å². The maximum absolute atomic E-state index is 12.1. The second-order valence-corrected chi connectivity index (χ2v) is 7.30. The van der Waals surface area contributed by atoms with Crippen molar-refractivity contribution in [1.82, 2.24) is 10.6 Å². The number of amides is 2. The number of ether oxygens (including phenoxy) is 1. The number of benzene rings is 1. The lowest BCUT2D eigenvalue weighted by Gasteiger charge is -2.20. The number of hydrogen-bond acceptors (Lipinski definition) is 4. The van der Waals surface area contributed by atoms with Crippen LogP contribution < -0.4 is 10.6 Å². The van der Waals surface area contributed by atoms with Crippen LogP contribution in [0.25, 0.3) is 0 Å². The molecule has 0 aromatic heterocycles.